The Morgan fingerprint density at radius 3 is 2.21 bits per heavy atom. The van der Waals surface area contributed by atoms with E-state index in [2.05, 4.69) is 5.32 Å². The van der Waals surface area contributed by atoms with E-state index in [1.165, 1.54) is 25.9 Å². The second-order valence-electron chi connectivity index (χ2n) is 7.86. The molecular formula is C24H31N3O6. The third kappa shape index (κ3) is 4.15. The number of nitrogens with one attached hydrogen (secondary N) is 1. The van der Waals surface area contributed by atoms with Gasteiger partial charge in [0.1, 0.15) is 5.82 Å². The van der Waals surface area contributed by atoms with Crippen LogP contribution in [0.5, 0.6) is 11.5 Å². The molecule has 33 heavy (non-hydrogen) atoms. The molecular weight excluding hydrogens is 426 g/mol. The van der Waals surface area contributed by atoms with Gasteiger partial charge in [0.2, 0.25) is 0 Å². The molecule has 0 fully saturated rings. The summed E-state index contributed by atoms with van der Waals surface area (Å²) in [5.41, 5.74) is 1.01. The molecule has 3 rings (SSSR count). The monoisotopic (exact) mass is 457 g/mol. The van der Waals surface area contributed by atoms with E-state index in [0.29, 0.717) is 59.1 Å². The quantitative estimate of drug-likeness (QED) is 0.608. The summed E-state index contributed by atoms with van der Waals surface area (Å²) in [6, 6.07) is 5.26. The maximum atomic E-state index is 13.7. The molecule has 0 spiro atoms. The van der Waals surface area contributed by atoms with Gasteiger partial charge in [0.05, 0.1) is 38.4 Å². The smallest absolute Gasteiger partial charge is 0.336 e. The number of methoxy groups -OCH3 is 3. The molecule has 2 heterocycles. The predicted octanol–water partition coefficient (Wildman–Crippen LogP) is 2.85. The number of nitrogens with zero attached hydrogens (tertiary/aromatic N) is 2. The Hall–Kier alpha value is -3.49. The SMILES string of the molecule is CCCn1c2c(c(=O)n(CCC)c1=O)C(c1ccc(OC)c(OC)c1)C(C(=O)OC)=C(C)N2. The summed E-state index contributed by atoms with van der Waals surface area (Å²) >= 11 is 0. The number of carbonyl (C=O) groups is 1. The normalized spacial score (nSPS) is 15.0. The minimum absolute atomic E-state index is 0.281. The van der Waals surface area contributed by atoms with E-state index in [9.17, 15) is 14.4 Å². The molecule has 1 N–H and O–H groups in total. The fourth-order valence-electron chi connectivity index (χ4n) is 4.32. The van der Waals surface area contributed by atoms with Gasteiger partial charge in [0.15, 0.2) is 11.5 Å². The topological polar surface area (TPSA) is 101 Å². The van der Waals surface area contributed by atoms with Gasteiger partial charge in [0, 0.05) is 18.8 Å². The highest BCUT2D eigenvalue weighted by atomic mass is 16.5. The van der Waals surface area contributed by atoms with E-state index in [4.69, 9.17) is 14.2 Å². The van der Waals surface area contributed by atoms with Crippen LogP contribution in [0.2, 0.25) is 0 Å². The Morgan fingerprint density at radius 2 is 1.64 bits per heavy atom. The van der Waals surface area contributed by atoms with Crippen molar-refractivity contribution < 1.29 is 19.0 Å². The average Bonchev–Trinajstić information content (AvgIpc) is 2.82. The number of allylic oxidation sites excluding steroid dienone is 1. The van der Waals surface area contributed by atoms with Gasteiger partial charge in [0.25, 0.3) is 5.56 Å². The predicted molar refractivity (Wildman–Crippen MR) is 125 cm³/mol. The number of carbonyl (C=O) groups excluding carboxylic acids is 1. The van der Waals surface area contributed by atoms with Crippen molar-refractivity contribution in [3.05, 3.63) is 61.4 Å². The largest absolute Gasteiger partial charge is 0.493 e. The maximum Gasteiger partial charge on any atom is 0.336 e. The van der Waals surface area contributed by atoms with E-state index in [1.807, 2.05) is 13.8 Å². The number of anilines is 1. The fraction of sp³-hybridized carbons (Fsp3) is 0.458. The van der Waals surface area contributed by atoms with E-state index < -0.39 is 17.4 Å². The highest BCUT2D eigenvalue weighted by Crippen LogP contribution is 2.42. The third-order valence-electron chi connectivity index (χ3n) is 5.79. The number of rotatable bonds is 8. The standard InChI is InChI=1S/C24H31N3O6/c1-7-11-26-21-20(22(28)27(12-8-2)24(26)30)19(18(14(3)25-21)23(29)33-6)15-9-10-16(31-4)17(13-15)32-5/h9-10,13,19,25H,7-8,11-12H2,1-6H3. The van der Waals surface area contributed by atoms with Crippen LogP contribution in [0.1, 0.15) is 50.7 Å². The lowest BCUT2D eigenvalue weighted by molar-refractivity contribution is -0.136. The fourth-order valence-corrected chi connectivity index (χ4v) is 4.32. The second kappa shape index (κ2) is 9.97. The molecule has 0 saturated carbocycles. The third-order valence-corrected chi connectivity index (χ3v) is 5.79. The van der Waals surface area contributed by atoms with Crippen molar-refractivity contribution in [2.45, 2.75) is 52.6 Å². The van der Waals surface area contributed by atoms with Crippen LogP contribution in [-0.4, -0.2) is 36.4 Å². The molecule has 1 unspecified atom stereocenters. The number of benzene rings is 1. The zero-order valence-electron chi connectivity index (χ0n) is 20.0. The molecule has 9 nitrogen and oxygen atoms in total. The number of hydrogen-bond donors (Lipinski definition) is 1. The van der Waals surface area contributed by atoms with Crippen molar-refractivity contribution in [1.82, 2.24) is 9.13 Å². The van der Waals surface area contributed by atoms with Crippen LogP contribution in [-0.2, 0) is 22.6 Å². The molecule has 1 aromatic heterocycles. The number of hydrogen-bond acceptors (Lipinski definition) is 7. The molecule has 178 valence electrons. The number of ether oxygens (including phenoxy) is 3. The summed E-state index contributed by atoms with van der Waals surface area (Å²) in [7, 11) is 4.36. The molecule has 1 atom stereocenters. The summed E-state index contributed by atoms with van der Waals surface area (Å²) in [4.78, 5) is 39.8. The van der Waals surface area contributed by atoms with Crippen LogP contribution in [0.15, 0.2) is 39.1 Å². The molecule has 1 aliphatic rings. The highest BCUT2D eigenvalue weighted by Gasteiger charge is 2.38. The van der Waals surface area contributed by atoms with Crippen LogP contribution in [0.25, 0.3) is 0 Å². The van der Waals surface area contributed by atoms with Crippen molar-refractivity contribution in [3.8, 4) is 11.5 Å². The van der Waals surface area contributed by atoms with Crippen molar-refractivity contribution in [1.29, 1.82) is 0 Å². The first-order valence-corrected chi connectivity index (χ1v) is 11.0. The Morgan fingerprint density at radius 1 is 1.00 bits per heavy atom. The average molecular weight is 458 g/mol. The number of esters is 1. The molecule has 2 aromatic rings. The van der Waals surface area contributed by atoms with Crippen LogP contribution in [0, 0.1) is 0 Å². The van der Waals surface area contributed by atoms with Gasteiger partial charge >= 0.3 is 11.7 Å². The van der Waals surface area contributed by atoms with Gasteiger partial charge in [-0.3, -0.25) is 13.9 Å². The minimum Gasteiger partial charge on any atom is -0.493 e. The molecule has 0 aliphatic carbocycles. The first-order valence-electron chi connectivity index (χ1n) is 11.0. The number of fused-ring (bicyclic) bond motifs is 1. The van der Waals surface area contributed by atoms with Gasteiger partial charge < -0.3 is 19.5 Å². The summed E-state index contributed by atoms with van der Waals surface area (Å²) in [5, 5.41) is 3.15. The summed E-state index contributed by atoms with van der Waals surface area (Å²) in [6.45, 7) is 6.32. The molecule has 0 saturated heterocycles. The Labute approximate surface area is 192 Å². The van der Waals surface area contributed by atoms with Crippen LogP contribution in [0.3, 0.4) is 0 Å². The molecule has 0 bridgehead atoms. The van der Waals surface area contributed by atoms with Crippen molar-refractivity contribution >= 4 is 11.8 Å². The van der Waals surface area contributed by atoms with Crippen LogP contribution < -0.4 is 26.0 Å². The lowest BCUT2D eigenvalue weighted by Gasteiger charge is -2.31. The first kappa shape index (κ1) is 24.2. The van der Waals surface area contributed by atoms with Gasteiger partial charge in [-0.15, -0.1) is 0 Å². The van der Waals surface area contributed by atoms with E-state index >= 15 is 0 Å². The summed E-state index contributed by atoms with van der Waals surface area (Å²) in [5.74, 6) is 0.0832. The van der Waals surface area contributed by atoms with Gasteiger partial charge in [-0.2, -0.15) is 0 Å². The lowest BCUT2D eigenvalue weighted by atomic mass is 9.82. The van der Waals surface area contributed by atoms with Gasteiger partial charge in [-0.05, 0) is 37.5 Å². The van der Waals surface area contributed by atoms with Crippen molar-refractivity contribution in [2.75, 3.05) is 26.6 Å². The molecule has 1 aliphatic heterocycles. The van der Waals surface area contributed by atoms with Crippen LogP contribution in [0.4, 0.5) is 5.82 Å². The Balaban J connectivity index is 2.44. The zero-order valence-corrected chi connectivity index (χ0v) is 20.0. The lowest BCUT2D eigenvalue weighted by Crippen LogP contribution is -2.45. The molecule has 0 amide bonds. The molecule has 9 heteroatoms. The van der Waals surface area contributed by atoms with Crippen molar-refractivity contribution in [2.24, 2.45) is 0 Å². The molecule has 1 aromatic carbocycles. The second-order valence-corrected chi connectivity index (χ2v) is 7.86. The summed E-state index contributed by atoms with van der Waals surface area (Å²) in [6.07, 6.45) is 1.32. The number of aromatic nitrogens is 2. The van der Waals surface area contributed by atoms with Crippen LogP contribution >= 0.6 is 0 Å². The molecule has 0 radical (unpaired) electrons. The van der Waals surface area contributed by atoms with E-state index in [-0.39, 0.29) is 12.2 Å². The Kier molecular flexibility index (Phi) is 7.30. The summed E-state index contributed by atoms with van der Waals surface area (Å²) < 4.78 is 18.7. The van der Waals surface area contributed by atoms with E-state index in [0.717, 1.165) is 0 Å². The van der Waals surface area contributed by atoms with E-state index in [1.54, 1.807) is 29.7 Å². The van der Waals surface area contributed by atoms with Gasteiger partial charge in [-0.25, -0.2) is 9.59 Å². The Bertz CT molecular complexity index is 1210. The maximum absolute atomic E-state index is 13.7. The van der Waals surface area contributed by atoms with Crippen molar-refractivity contribution in [3.63, 3.8) is 0 Å². The highest BCUT2D eigenvalue weighted by molar-refractivity contribution is 5.94. The zero-order chi connectivity index (χ0) is 24.3. The first-order chi connectivity index (χ1) is 15.8. The van der Waals surface area contributed by atoms with Gasteiger partial charge in [-0.1, -0.05) is 19.9 Å². The minimum atomic E-state index is -0.757.